The SMILES string of the molecule is CCCCC=CC1CCC(CCC2CCC(OCC)CC2)CC1. The quantitative estimate of drug-likeness (QED) is 0.331. The van der Waals surface area contributed by atoms with E-state index < -0.39 is 0 Å². The lowest BCUT2D eigenvalue weighted by Gasteiger charge is -2.31. The molecule has 0 N–H and O–H groups in total. The zero-order valence-electron chi connectivity index (χ0n) is 15.8. The van der Waals surface area contributed by atoms with Crippen LogP contribution in [0.3, 0.4) is 0 Å². The van der Waals surface area contributed by atoms with Crippen molar-refractivity contribution < 1.29 is 4.74 Å². The maximum atomic E-state index is 5.78. The van der Waals surface area contributed by atoms with Gasteiger partial charge in [-0.1, -0.05) is 44.8 Å². The van der Waals surface area contributed by atoms with Gasteiger partial charge in [0.05, 0.1) is 6.10 Å². The molecular weight excluding hydrogens is 280 g/mol. The summed E-state index contributed by atoms with van der Waals surface area (Å²) in [4.78, 5) is 0. The summed E-state index contributed by atoms with van der Waals surface area (Å²) in [7, 11) is 0. The highest BCUT2D eigenvalue weighted by Crippen LogP contribution is 2.36. The molecule has 0 aromatic carbocycles. The Balaban J connectivity index is 1.54. The van der Waals surface area contributed by atoms with E-state index in [-0.39, 0.29) is 0 Å². The summed E-state index contributed by atoms with van der Waals surface area (Å²) < 4.78 is 5.78. The van der Waals surface area contributed by atoms with Crippen LogP contribution in [-0.2, 0) is 4.74 Å². The molecule has 2 aliphatic rings. The highest BCUT2D eigenvalue weighted by molar-refractivity contribution is 4.91. The third-order valence-corrected chi connectivity index (χ3v) is 6.20. The van der Waals surface area contributed by atoms with E-state index in [4.69, 9.17) is 4.74 Å². The second kappa shape index (κ2) is 11.3. The smallest absolute Gasteiger partial charge is 0.0575 e. The van der Waals surface area contributed by atoms with Crippen molar-refractivity contribution in [2.45, 2.75) is 103 Å². The molecule has 0 radical (unpaired) electrons. The molecule has 23 heavy (non-hydrogen) atoms. The van der Waals surface area contributed by atoms with Crippen LogP contribution in [0.25, 0.3) is 0 Å². The third-order valence-electron chi connectivity index (χ3n) is 6.20. The lowest BCUT2D eigenvalue weighted by Crippen LogP contribution is -2.22. The zero-order valence-corrected chi connectivity index (χ0v) is 15.8. The largest absolute Gasteiger partial charge is 0.379 e. The van der Waals surface area contributed by atoms with Gasteiger partial charge in [0.15, 0.2) is 0 Å². The first kappa shape index (κ1) is 19.0. The average Bonchev–Trinajstić information content (AvgIpc) is 2.59. The number of allylic oxidation sites excluding steroid dienone is 2. The van der Waals surface area contributed by atoms with E-state index in [1.54, 1.807) is 0 Å². The molecule has 0 heterocycles. The first-order chi connectivity index (χ1) is 11.3. The monoisotopic (exact) mass is 320 g/mol. The molecule has 134 valence electrons. The molecule has 0 aliphatic heterocycles. The molecule has 0 atom stereocenters. The van der Waals surface area contributed by atoms with Gasteiger partial charge in [-0.25, -0.2) is 0 Å². The van der Waals surface area contributed by atoms with Crippen LogP contribution in [-0.4, -0.2) is 12.7 Å². The summed E-state index contributed by atoms with van der Waals surface area (Å²) in [6, 6.07) is 0. The highest BCUT2D eigenvalue weighted by atomic mass is 16.5. The fraction of sp³-hybridized carbons (Fsp3) is 0.909. The van der Waals surface area contributed by atoms with E-state index in [1.807, 2.05) is 0 Å². The molecule has 1 heteroatoms. The molecule has 2 saturated carbocycles. The van der Waals surface area contributed by atoms with Crippen LogP contribution in [0.15, 0.2) is 12.2 Å². The Labute approximate surface area is 145 Å². The minimum Gasteiger partial charge on any atom is -0.379 e. The standard InChI is InChI=1S/C22H40O/c1-3-5-6-7-8-19-9-11-20(12-10-19)13-14-21-15-17-22(18-16-21)23-4-2/h7-8,19-22H,3-6,9-18H2,1-2H3. The van der Waals surface area contributed by atoms with Gasteiger partial charge in [0, 0.05) is 6.61 Å². The van der Waals surface area contributed by atoms with E-state index in [1.165, 1.54) is 83.5 Å². The molecule has 0 aromatic rings. The van der Waals surface area contributed by atoms with Crippen molar-refractivity contribution in [1.82, 2.24) is 0 Å². The van der Waals surface area contributed by atoms with Crippen molar-refractivity contribution in [3.8, 4) is 0 Å². The topological polar surface area (TPSA) is 9.23 Å². The van der Waals surface area contributed by atoms with Crippen molar-refractivity contribution >= 4 is 0 Å². The normalized spacial score (nSPS) is 32.4. The zero-order chi connectivity index (χ0) is 16.3. The number of unbranched alkanes of at least 4 members (excludes halogenated alkanes) is 2. The third kappa shape index (κ3) is 7.42. The van der Waals surface area contributed by atoms with Crippen molar-refractivity contribution in [3.05, 3.63) is 12.2 Å². The predicted octanol–water partition coefficient (Wildman–Crippen LogP) is 6.91. The highest BCUT2D eigenvalue weighted by Gasteiger charge is 2.24. The fourth-order valence-corrected chi connectivity index (χ4v) is 4.57. The summed E-state index contributed by atoms with van der Waals surface area (Å²) in [5.74, 6) is 2.92. The lowest BCUT2D eigenvalue weighted by atomic mass is 9.77. The Morgan fingerprint density at radius 3 is 2.00 bits per heavy atom. The average molecular weight is 321 g/mol. The summed E-state index contributed by atoms with van der Waals surface area (Å²) in [5, 5.41) is 0. The second-order valence-electron chi connectivity index (χ2n) is 8.03. The Morgan fingerprint density at radius 2 is 1.43 bits per heavy atom. The maximum Gasteiger partial charge on any atom is 0.0575 e. The van der Waals surface area contributed by atoms with Crippen molar-refractivity contribution in [3.63, 3.8) is 0 Å². The number of hydrogen-bond donors (Lipinski definition) is 0. The molecule has 1 nitrogen and oxygen atoms in total. The summed E-state index contributed by atoms with van der Waals surface area (Å²) in [6.07, 6.45) is 23.8. The molecule has 0 aromatic heterocycles. The van der Waals surface area contributed by atoms with Crippen LogP contribution in [0.2, 0.25) is 0 Å². The summed E-state index contributed by atoms with van der Waals surface area (Å²) >= 11 is 0. The Hall–Kier alpha value is -0.300. The maximum absolute atomic E-state index is 5.78. The van der Waals surface area contributed by atoms with E-state index in [0.717, 1.165) is 24.4 Å². The van der Waals surface area contributed by atoms with Gasteiger partial charge in [0.2, 0.25) is 0 Å². The van der Waals surface area contributed by atoms with E-state index in [9.17, 15) is 0 Å². The van der Waals surface area contributed by atoms with Crippen LogP contribution in [0, 0.1) is 17.8 Å². The minimum atomic E-state index is 0.575. The van der Waals surface area contributed by atoms with Crippen molar-refractivity contribution in [1.29, 1.82) is 0 Å². The van der Waals surface area contributed by atoms with Crippen LogP contribution in [0.5, 0.6) is 0 Å². The van der Waals surface area contributed by atoms with Crippen LogP contribution in [0.1, 0.15) is 97.3 Å². The molecule has 2 aliphatic carbocycles. The minimum absolute atomic E-state index is 0.575. The van der Waals surface area contributed by atoms with Gasteiger partial charge >= 0.3 is 0 Å². The Bertz CT molecular complexity index is 306. The van der Waals surface area contributed by atoms with E-state index in [2.05, 4.69) is 26.0 Å². The van der Waals surface area contributed by atoms with Gasteiger partial charge in [-0.3, -0.25) is 0 Å². The second-order valence-corrected chi connectivity index (χ2v) is 8.03. The molecule has 0 unspecified atom stereocenters. The van der Waals surface area contributed by atoms with Gasteiger partial charge in [-0.2, -0.15) is 0 Å². The molecule has 2 rings (SSSR count). The van der Waals surface area contributed by atoms with Gasteiger partial charge in [0.1, 0.15) is 0 Å². The van der Waals surface area contributed by atoms with Gasteiger partial charge in [0.25, 0.3) is 0 Å². The van der Waals surface area contributed by atoms with E-state index in [0.29, 0.717) is 6.10 Å². The lowest BCUT2D eigenvalue weighted by molar-refractivity contribution is 0.0239. The predicted molar refractivity (Wildman–Crippen MR) is 101 cm³/mol. The van der Waals surface area contributed by atoms with Gasteiger partial charge in [-0.05, 0) is 82.5 Å². The first-order valence-corrected chi connectivity index (χ1v) is 10.6. The number of rotatable bonds is 9. The molecule has 0 saturated heterocycles. The number of hydrogen-bond acceptors (Lipinski definition) is 1. The first-order valence-electron chi connectivity index (χ1n) is 10.6. The van der Waals surface area contributed by atoms with E-state index >= 15 is 0 Å². The molecule has 0 spiro atoms. The molecule has 0 amide bonds. The Kier molecular flexibility index (Phi) is 9.34. The molecular formula is C22H40O. The van der Waals surface area contributed by atoms with Crippen molar-refractivity contribution in [2.24, 2.45) is 17.8 Å². The summed E-state index contributed by atoms with van der Waals surface area (Å²) in [5.41, 5.74) is 0. The fourth-order valence-electron chi connectivity index (χ4n) is 4.57. The Morgan fingerprint density at radius 1 is 0.826 bits per heavy atom. The number of ether oxygens (including phenoxy) is 1. The molecule has 0 bridgehead atoms. The summed E-state index contributed by atoms with van der Waals surface area (Å²) in [6.45, 7) is 5.30. The van der Waals surface area contributed by atoms with Crippen LogP contribution >= 0.6 is 0 Å². The van der Waals surface area contributed by atoms with Gasteiger partial charge in [-0.15, -0.1) is 0 Å². The van der Waals surface area contributed by atoms with Gasteiger partial charge < -0.3 is 4.74 Å². The van der Waals surface area contributed by atoms with Crippen molar-refractivity contribution in [2.75, 3.05) is 6.61 Å². The van der Waals surface area contributed by atoms with Crippen LogP contribution in [0.4, 0.5) is 0 Å². The molecule has 2 fully saturated rings. The van der Waals surface area contributed by atoms with Crippen LogP contribution < -0.4 is 0 Å².